The highest BCUT2D eigenvalue weighted by atomic mass is 16.1. The molecule has 5 heteroatoms. The van der Waals surface area contributed by atoms with E-state index in [-0.39, 0.29) is 5.91 Å². The van der Waals surface area contributed by atoms with Crippen molar-refractivity contribution in [3.63, 3.8) is 0 Å². The van der Waals surface area contributed by atoms with E-state index in [4.69, 9.17) is 0 Å². The van der Waals surface area contributed by atoms with Crippen molar-refractivity contribution >= 4 is 22.4 Å². The normalized spacial score (nSPS) is 10.9. The van der Waals surface area contributed by atoms with Crippen molar-refractivity contribution in [2.24, 2.45) is 0 Å². The van der Waals surface area contributed by atoms with Gasteiger partial charge in [-0.15, -0.1) is 0 Å². The molecule has 27 heavy (non-hydrogen) atoms. The molecule has 4 rings (SSSR count). The number of nitrogens with zero attached hydrogens (tertiary/aromatic N) is 3. The smallest absolute Gasteiger partial charge is 0.255 e. The Kier molecular flexibility index (Phi) is 4.42. The van der Waals surface area contributed by atoms with E-state index in [2.05, 4.69) is 45.7 Å². The van der Waals surface area contributed by atoms with Gasteiger partial charge in [0.25, 0.3) is 5.91 Å². The summed E-state index contributed by atoms with van der Waals surface area (Å²) in [7, 11) is 0. The summed E-state index contributed by atoms with van der Waals surface area (Å²) < 4.78 is 1.94. The van der Waals surface area contributed by atoms with E-state index in [9.17, 15) is 4.79 Å². The molecule has 0 unspecified atom stereocenters. The van der Waals surface area contributed by atoms with Crippen LogP contribution in [0, 0.1) is 13.8 Å². The lowest BCUT2D eigenvalue weighted by Crippen LogP contribution is -2.13. The molecule has 1 N–H and O–H groups in total. The zero-order chi connectivity index (χ0) is 18.8. The maximum absolute atomic E-state index is 12.5. The third kappa shape index (κ3) is 3.31. The summed E-state index contributed by atoms with van der Waals surface area (Å²) in [4.78, 5) is 16.4. The Morgan fingerprint density at radius 3 is 2.56 bits per heavy atom. The number of hydrogen-bond donors (Lipinski definition) is 1. The third-order valence-electron chi connectivity index (χ3n) is 4.76. The first-order valence-electron chi connectivity index (χ1n) is 8.85. The summed E-state index contributed by atoms with van der Waals surface area (Å²) in [5.74, 6) is -0.159. The SMILES string of the molecule is Cc1nn(Cc2cccc3ccccc23)c(C)c1NC(=O)c1ccncc1. The molecule has 2 heterocycles. The molecule has 1 amide bonds. The number of rotatable bonds is 4. The highest BCUT2D eigenvalue weighted by molar-refractivity contribution is 6.04. The van der Waals surface area contributed by atoms with Crippen LogP contribution in [0.25, 0.3) is 10.8 Å². The van der Waals surface area contributed by atoms with Gasteiger partial charge in [0.15, 0.2) is 0 Å². The fourth-order valence-corrected chi connectivity index (χ4v) is 3.31. The Bertz CT molecular complexity index is 1110. The minimum atomic E-state index is -0.159. The summed E-state index contributed by atoms with van der Waals surface area (Å²) in [6.07, 6.45) is 3.22. The van der Waals surface area contributed by atoms with Crippen molar-refractivity contribution in [3.05, 3.63) is 89.5 Å². The van der Waals surface area contributed by atoms with E-state index in [0.29, 0.717) is 12.1 Å². The molecule has 0 spiro atoms. The van der Waals surface area contributed by atoms with Gasteiger partial charge >= 0.3 is 0 Å². The van der Waals surface area contributed by atoms with E-state index < -0.39 is 0 Å². The second-order valence-corrected chi connectivity index (χ2v) is 6.53. The van der Waals surface area contributed by atoms with Crippen LogP contribution in [0.4, 0.5) is 5.69 Å². The number of anilines is 1. The summed E-state index contributed by atoms with van der Waals surface area (Å²) >= 11 is 0. The van der Waals surface area contributed by atoms with Gasteiger partial charge in [-0.05, 0) is 42.3 Å². The number of hydrogen-bond acceptors (Lipinski definition) is 3. The summed E-state index contributed by atoms with van der Waals surface area (Å²) in [6.45, 7) is 4.54. The standard InChI is InChI=1S/C22H20N4O/c1-15-21(24-22(27)18-10-12-23-13-11-18)16(2)26(25-15)14-19-8-5-7-17-6-3-4-9-20(17)19/h3-13H,14H2,1-2H3,(H,24,27). The lowest BCUT2D eigenvalue weighted by molar-refractivity contribution is 0.102. The number of nitrogens with one attached hydrogen (secondary N) is 1. The summed E-state index contributed by atoms with van der Waals surface area (Å²) in [5, 5.41) is 10.1. The lowest BCUT2D eigenvalue weighted by atomic mass is 10.0. The van der Waals surface area contributed by atoms with E-state index >= 15 is 0 Å². The molecule has 134 valence electrons. The zero-order valence-corrected chi connectivity index (χ0v) is 15.3. The van der Waals surface area contributed by atoms with Gasteiger partial charge in [0, 0.05) is 18.0 Å². The van der Waals surface area contributed by atoms with Gasteiger partial charge in [-0.1, -0.05) is 42.5 Å². The summed E-state index contributed by atoms with van der Waals surface area (Å²) in [5.41, 5.74) is 4.27. The molecule has 2 aromatic carbocycles. The maximum Gasteiger partial charge on any atom is 0.255 e. The number of carbonyl (C=O) groups excluding carboxylic acids is 1. The molecule has 0 radical (unpaired) electrons. The topological polar surface area (TPSA) is 59.8 Å². The number of aryl methyl sites for hydroxylation is 1. The van der Waals surface area contributed by atoms with Crippen LogP contribution in [-0.2, 0) is 6.54 Å². The van der Waals surface area contributed by atoms with Crippen LogP contribution >= 0.6 is 0 Å². The summed E-state index contributed by atoms with van der Waals surface area (Å²) in [6, 6.07) is 18.0. The number of amides is 1. The van der Waals surface area contributed by atoms with Crippen LogP contribution in [-0.4, -0.2) is 20.7 Å². The van der Waals surface area contributed by atoms with Crippen LogP contribution in [0.5, 0.6) is 0 Å². The third-order valence-corrected chi connectivity index (χ3v) is 4.76. The molecule has 0 aliphatic rings. The number of benzene rings is 2. The average Bonchev–Trinajstić information content (AvgIpc) is 2.96. The first kappa shape index (κ1) is 17.0. The van der Waals surface area contributed by atoms with Crippen molar-refractivity contribution in [1.29, 1.82) is 0 Å². The quantitative estimate of drug-likeness (QED) is 0.591. The Hall–Kier alpha value is -3.47. The first-order valence-corrected chi connectivity index (χ1v) is 8.85. The van der Waals surface area contributed by atoms with Crippen molar-refractivity contribution < 1.29 is 4.79 Å². The second kappa shape index (κ2) is 7.03. The van der Waals surface area contributed by atoms with Gasteiger partial charge < -0.3 is 5.32 Å². The monoisotopic (exact) mass is 356 g/mol. The van der Waals surface area contributed by atoms with Crippen LogP contribution in [0.2, 0.25) is 0 Å². The van der Waals surface area contributed by atoms with Crippen LogP contribution in [0.3, 0.4) is 0 Å². The molecular formula is C22H20N4O. The molecule has 5 nitrogen and oxygen atoms in total. The molecule has 2 aromatic heterocycles. The fourth-order valence-electron chi connectivity index (χ4n) is 3.31. The Morgan fingerprint density at radius 2 is 1.74 bits per heavy atom. The molecule has 4 aromatic rings. The zero-order valence-electron chi connectivity index (χ0n) is 15.3. The van der Waals surface area contributed by atoms with Crippen molar-refractivity contribution in [1.82, 2.24) is 14.8 Å². The van der Waals surface area contributed by atoms with Gasteiger partial charge in [-0.3, -0.25) is 14.5 Å². The minimum absolute atomic E-state index is 0.159. The van der Waals surface area contributed by atoms with Gasteiger partial charge in [-0.25, -0.2) is 0 Å². The molecule has 0 aliphatic heterocycles. The predicted molar refractivity (Wildman–Crippen MR) is 107 cm³/mol. The average molecular weight is 356 g/mol. The maximum atomic E-state index is 12.5. The van der Waals surface area contributed by atoms with Crippen molar-refractivity contribution in [2.45, 2.75) is 20.4 Å². The van der Waals surface area contributed by atoms with E-state index in [0.717, 1.165) is 17.1 Å². The number of aromatic nitrogens is 3. The van der Waals surface area contributed by atoms with Crippen LogP contribution in [0.1, 0.15) is 27.3 Å². The highest BCUT2D eigenvalue weighted by Crippen LogP contribution is 2.24. The lowest BCUT2D eigenvalue weighted by Gasteiger charge is -2.09. The molecule has 0 saturated carbocycles. The minimum Gasteiger partial charge on any atom is -0.319 e. The van der Waals surface area contributed by atoms with Gasteiger partial charge in [0.1, 0.15) is 0 Å². The van der Waals surface area contributed by atoms with E-state index in [1.165, 1.54) is 16.3 Å². The number of carbonyl (C=O) groups is 1. The number of pyridine rings is 1. The van der Waals surface area contributed by atoms with Crippen molar-refractivity contribution in [2.75, 3.05) is 5.32 Å². The second-order valence-electron chi connectivity index (χ2n) is 6.53. The Labute approximate surface area is 157 Å². The van der Waals surface area contributed by atoms with E-state index in [1.54, 1.807) is 24.5 Å². The van der Waals surface area contributed by atoms with E-state index in [1.807, 2.05) is 30.7 Å². The largest absolute Gasteiger partial charge is 0.319 e. The van der Waals surface area contributed by atoms with Crippen LogP contribution < -0.4 is 5.32 Å². The highest BCUT2D eigenvalue weighted by Gasteiger charge is 2.16. The fraction of sp³-hybridized carbons (Fsp3) is 0.136. The molecule has 0 fully saturated rings. The Morgan fingerprint density at radius 1 is 1.00 bits per heavy atom. The molecule has 0 bridgehead atoms. The van der Waals surface area contributed by atoms with Gasteiger partial charge in [0.05, 0.1) is 23.6 Å². The molecule has 0 atom stereocenters. The predicted octanol–water partition coefficient (Wildman–Crippen LogP) is 4.35. The Balaban J connectivity index is 1.64. The van der Waals surface area contributed by atoms with Crippen molar-refractivity contribution in [3.8, 4) is 0 Å². The van der Waals surface area contributed by atoms with Gasteiger partial charge in [0.2, 0.25) is 0 Å². The molecule has 0 aliphatic carbocycles. The molecular weight excluding hydrogens is 336 g/mol. The molecule has 0 saturated heterocycles. The van der Waals surface area contributed by atoms with Gasteiger partial charge in [-0.2, -0.15) is 5.10 Å². The number of fused-ring (bicyclic) bond motifs is 1. The van der Waals surface area contributed by atoms with Crippen LogP contribution in [0.15, 0.2) is 67.0 Å². The first-order chi connectivity index (χ1) is 13.1.